The van der Waals surface area contributed by atoms with Crippen molar-refractivity contribution in [1.29, 1.82) is 0 Å². The number of halogens is 1. The van der Waals surface area contributed by atoms with Crippen LogP contribution < -0.4 is 5.32 Å². The maximum atomic E-state index is 13.6. The summed E-state index contributed by atoms with van der Waals surface area (Å²) in [5, 5.41) is 6.90. The van der Waals surface area contributed by atoms with Gasteiger partial charge >= 0.3 is 0 Å². The number of carbonyl (C=O) groups excluding carboxylic acids is 1. The number of imidazole rings is 1. The Kier molecular flexibility index (Phi) is 3.57. The van der Waals surface area contributed by atoms with Crippen LogP contribution in [-0.4, -0.2) is 44.6 Å². The summed E-state index contributed by atoms with van der Waals surface area (Å²) in [7, 11) is 3.44. The lowest BCUT2D eigenvalue weighted by Crippen LogP contribution is -2.25. The first-order valence-corrected chi connectivity index (χ1v) is 7.67. The number of nitrogens with one attached hydrogen (secondary N) is 1. The first-order valence-electron chi connectivity index (χ1n) is 7.67. The van der Waals surface area contributed by atoms with Gasteiger partial charge in [0, 0.05) is 7.05 Å². The highest BCUT2D eigenvalue weighted by Gasteiger charge is 2.28. The Bertz CT molecular complexity index is 963. The largest absolute Gasteiger partial charge is 0.337 e. The number of hydrogen-bond donors (Lipinski definition) is 1. The summed E-state index contributed by atoms with van der Waals surface area (Å²) in [5.74, 6) is 0.0810. The topological polar surface area (TPSA) is 89.1 Å². The van der Waals surface area contributed by atoms with E-state index >= 15 is 0 Å². The number of aromatic nitrogens is 4. The van der Waals surface area contributed by atoms with Crippen LogP contribution in [0.5, 0.6) is 0 Å². The van der Waals surface area contributed by atoms with Crippen LogP contribution in [0, 0.1) is 5.82 Å². The number of benzene rings is 1. The van der Waals surface area contributed by atoms with E-state index in [4.69, 9.17) is 4.52 Å². The van der Waals surface area contributed by atoms with Crippen LogP contribution in [0.1, 0.15) is 21.9 Å². The molecule has 3 heterocycles. The Hall–Kier alpha value is -3.07. The van der Waals surface area contributed by atoms with E-state index < -0.39 is 5.82 Å². The second kappa shape index (κ2) is 5.78. The van der Waals surface area contributed by atoms with E-state index in [1.54, 1.807) is 31.1 Å². The van der Waals surface area contributed by atoms with Crippen molar-refractivity contribution in [3.8, 4) is 17.2 Å². The molecule has 4 rings (SSSR count). The third-order valence-corrected chi connectivity index (χ3v) is 4.06. The van der Waals surface area contributed by atoms with E-state index in [2.05, 4.69) is 20.4 Å². The Labute approximate surface area is 142 Å². The van der Waals surface area contributed by atoms with Gasteiger partial charge in [-0.1, -0.05) is 5.16 Å². The normalized spacial score (nSPS) is 13.6. The van der Waals surface area contributed by atoms with Crippen molar-refractivity contribution in [2.24, 2.45) is 0 Å². The molecule has 0 radical (unpaired) electrons. The summed E-state index contributed by atoms with van der Waals surface area (Å²) >= 11 is 0. The summed E-state index contributed by atoms with van der Waals surface area (Å²) in [6.07, 6.45) is 1.59. The average Bonchev–Trinajstić information content (AvgIpc) is 3.19. The molecule has 0 saturated carbocycles. The van der Waals surface area contributed by atoms with Gasteiger partial charge < -0.3 is 14.7 Å². The Morgan fingerprint density at radius 1 is 1.40 bits per heavy atom. The van der Waals surface area contributed by atoms with E-state index in [9.17, 15) is 9.18 Å². The van der Waals surface area contributed by atoms with Gasteiger partial charge in [0.25, 0.3) is 5.91 Å². The zero-order chi connectivity index (χ0) is 17.6. The molecule has 1 amide bonds. The van der Waals surface area contributed by atoms with Crippen LogP contribution in [0.25, 0.3) is 17.2 Å². The monoisotopic (exact) mass is 342 g/mol. The van der Waals surface area contributed by atoms with Gasteiger partial charge in [0.2, 0.25) is 11.7 Å². The fourth-order valence-corrected chi connectivity index (χ4v) is 2.89. The third kappa shape index (κ3) is 2.49. The second-order valence-electron chi connectivity index (χ2n) is 5.77. The Morgan fingerprint density at radius 2 is 2.24 bits per heavy atom. The number of fused-ring (bicyclic) bond motifs is 3. The molecule has 1 aliphatic heterocycles. The minimum atomic E-state index is -0.459. The number of rotatable bonds is 3. The molecule has 8 nitrogen and oxygen atoms in total. The first-order chi connectivity index (χ1) is 12.1. The smallest absolute Gasteiger partial charge is 0.256 e. The van der Waals surface area contributed by atoms with E-state index in [-0.39, 0.29) is 11.5 Å². The molecule has 0 aliphatic carbocycles. The third-order valence-electron chi connectivity index (χ3n) is 4.06. The van der Waals surface area contributed by atoms with E-state index in [1.807, 2.05) is 0 Å². The zero-order valence-electron chi connectivity index (χ0n) is 13.7. The van der Waals surface area contributed by atoms with Gasteiger partial charge in [-0.2, -0.15) is 4.98 Å². The van der Waals surface area contributed by atoms with Crippen molar-refractivity contribution in [2.75, 3.05) is 14.1 Å². The first kappa shape index (κ1) is 15.5. The van der Waals surface area contributed by atoms with Crippen LogP contribution in [0.15, 0.2) is 29.0 Å². The van der Waals surface area contributed by atoms with Crippen LogP contribution in [-0.2, 0) is 13.1 Å². The van der Waals surface area contributed by atoms with Crippen molar-refractivity contribution in [2.45, 2.75) is 13.1 Å². The van der Waals surface area contributed by atoms with Gasteiger partial charge in [-0.05, 0) is 25.2 Å². The molecule has 128 valence electrons. The lowest BCUT2D eigenvalue weighted by molar-refractivity contribution is 0.0787. The maximum absolute atomic E-state index is 13.6. The van der Waals surface area contributed by atoms with Crippen LogP contribution in [0.4, 0.5) is 4.39 Å². The predicted octanol–water partition coefficient (Wildman–Crippen LogP) is 1.37. The number of nitrogens with zero attached hydrogens (tertiary/aromatic N) is 5. The minimum Gasteiger partial charge on any atom is -0.337 e. The van der Waals surface area contributed by atoms with Gasteiger partial charge in [0.05, 0.1) is 30.0 Å². The molecule has 0 saturated heterocycles. The predicted molar refractivity (Wildman–Crippen MR) is 85.4 cm³/mol. The summed E-state index contributed by atoms with van der Waals surface area (Å²) in [6, 6.07) is 4.13. The Balaban J connectivity index is 1.87. The highest BCUT2D eigenvalue weighted by atomic mass is 19.1. The molecule has 2 aromatic heterocycles. The van der Waals surface area contributed by atoms with Gasteiger partial charge in [0.15, 0.2) is 0 Å². The zero-order valence-corrected chi connectivity index (χ0v) is 13.7. The standard InChI is InChI=1S/C16H15FN6O2/c1-18-6-13-20-15(21-25-13)14-12-7-22(2)16(24)10-5-9(17)3-4-11(10)23(12)8-19-14/h3-5,8,18H,6-7H2,1-2H3. The molecule has 25 heavy (non-hydrogen) atoms. The maximum Gasteiger partial charge on any atom is 0.256 e. The molecule has 0 bridgehead atoms. The summed E-state index contributed by atoms with van der Waals surface area (Å²) in [6.45, 7) is 0.740. The molecule has 3 aromatic rings. The highest BCUT2D eigenvalue weighted by molar-refractivity contribution is 5.98. The lowest BCUT2D eigenvalue weighted by Gasteiger charge is -2.14. The number of carbonyl (C=O) groups is 1. The van der Waals surface area contributed by atoms with Crippen molar-refractivity contribution in [3.63, 3.8) is 0 Å². The van der Waals surface area contributed by atoms with Gasteiger partial charge in [0.1, 0.15) is 17.8 Å². The van der Waals surface area contributed by atoms with E-state index in [1.165, 1.54) is 17.0 Å². The van der Waals surface area contributed by atoms with Crippen molar-refractivity contribution < 1.29 is 13.7 Å². The fraction of sp³-hybridized carbons (Fsp3) is 0.250. The van der Waals surface area contributed by atoms with Crippen LogP contribution in [0.3, 0.4) is 0 Å². The van der Waals surface area contributed by atoms with Gasteiger partial charge in [-0.15, -0.1) is 0 Å². The number of hydrogen-bond acceptors (Lipinski definition) is 6. The molecule has 0 unspecified atom stereocenters. The lowest BCUT2D eigenvalue weighted by atomic mass is 10.1. The van der Waals surface area contributed by atoms with Crippen molar-refractivity contribution in [1.82, 2.24) is 29.9 Å². The van der Waals surface area contributed by atoms with E-state index in [0.717, 1.165) is 5.69 Å². The van der Waals surface area contributed by atoms with Crippen molar-refractivity contribution >= 4 is 5.91 Å². The molecule has 1 aliphatic rings. The molecule has 0 atom stereocenters. The van der Waals surface area contributed by atoms with E-state index in [0.29, 0.717) is 36.2 Å². The molecule has 1 aromatic carbocycles. The molecule has 9 heteroatoms. The SMILES string of the molecule is CNCc1nc(-c2ncn3c2CN(C)C(=O)c2cc(F)ccc2-3)no1. The summed E-state index contributed by atoms with van der Waals surface area (Å²) < 4.78 is 20.6. The Morgan fingerprint density at radius 3 is 3.04 bits per heavy atom. The molecular weight excluding hydrogens is 327 g/mol. The molecule has 0 fully saturated rings. The van der Waals surface area contributed by atoms with Crippen molar-refractivity contribution in [3.05, 3.63) is 47.5 Å². The summed E-state index contributed by atoms with van der Waals surface area (Å²) in [4.78, 5) is 22.8. The molecular formula is C16H15FN6O2. The van der Waals surface area contributed by atoms with Crippen LogP contribution >= 0.6 is 0 Å². The average molecular weight is 342 g/mol. The molecule has 1 N–H and O–H groups in total. The fourth-order valence-electron chi connectivity index (χ4n) is 2.89. The van der Waals surface area contributed by atoms with Gasteiger partial charge in [-0.25, -0.2) is 9.37 Å². The quantitative estimate of drug-likeness (QED) is 0.773. The summed E-state index contributed by atoms with van der Waals surface area (Å²) in [5.41, 5.74) is 2.12. The number of amides is 1. The second-order valence-corrected chi connectivity index (χ2v) is 5.77. The minimum absolute atomic E-state index is 0.256. The molecule has 0 spiro atoms. The van der Waals surface area contributed by atoms with Gasteiger partial charge in [-0.3, -0.25) is 9.36 Å². The highest BCUT2D eigenvalue weighted by Crippen LogP contribution is 2.29. The van der Waals surface area contributed by atoms with Crippen LogP contribution in [0.2, 0.25) is 0 Å².